The second kappa shape index (κ2) is 3.74. The predicted octanol–water partition coefficient (Wildman–Crippen LogP) is 1.51. The third kappa shape index (κ3) is 1.65. The highest BCUT2D eigenvalue weighted by atomic mass is 19.3. The second-order valence-corrected chi connectivity index (χ2v) is 4.35. The Bertz CT molecular complexity index is 204. The van der Waals surface area contributed by atoms with Gasteiger partial charge in [0.15, 0.2) is 0 Å². The van der Waals surface area contributed by atoms with Crippen molar-refractivity contribution >= 4 is 0 Å². The molecular weight excluding hydrogens is 188 g/mol. The molecule has 2 atom stereocenters. The fourth-order valence-corrected chi connectivity index (χ4v) is 2.66. The quantitative estimate of drug-likeness (QED) is 0.754. The summed E-state index contributed by atoms with van der Waals surface area (Å²) < 4.78 is 31.5. The molecule has 0 aromatic heterocycles. The summed E-state index contributed by atoms with van der Waals surface area (Å²) in [5.74, 6) is -3.19. The van der Waals surface area contributed by atoms with Gasteiger partial charge in [-0.25, -0.2) is 8.78 Å². The molecule has 0 amide bonds. The topological polar surface area (TPSA) is 21.3 Å². The first-order valence-corrected chi connectivity index (χ1v) is 5.25. The largest absolute Gasteiger partial charge is 0.384 e. The Balaban J connectivity index is 1.91. The number of alkyl halides is 2. The van der Waals surface area contributed by atoms with Crippen LogP contribution >= 0.6 is 0 Å². The first-order valence-electron chi connectivity index (χ1n) is 5.25. The van der Waals surface area contributed by atoms with Gasteiger partial charge in [0.1, 0.15) is 0 Å². The fraction of sp³-hybridized carbons (Fsp3) is 1.00. The molecular formula is C10H17F2NO. The monoisotopic (exact) mass is 205 g/mol. The fourth-order valence-electron chi connectivity index (χ4n) is 2.66. The van der Waals surface area contributed by atoms with Crippen LogP contribution in [0.3, 0.4) is 0 Å². The van der Waals surface area contributed by atoms with Gasteiger partial charge in [0, 0.05) is 13.0 Å². The van der Waals surface area contributed by atoms with E-state index in [-0.39, 0.29) is 12.5 Å². The van der Waals surface area contributed by atoms with Gasteiger partial charge in [0.2, 0.25) is 0 Å². The van der Waals surface area contributed by atoms with Gasteiger partial charge in [-0.3, -0.25) is 0 Å². The summed E-state index contributed by atoms with van der Waals surface area (Å²) in [7, 11) is 1.49. The number of rotatable bonds is 3. The van der Waals surface area contributed by atoms with Crippen LogP contribution in [0.4, 0.5) is 8.78 Å². The van der Waals surface area contributed by atoms with Gasteiger partial charge < -0.3 is 10.1 Å². The number of methoxy groups -OCH3 is 1. The maximum atomic E-state index is 13.3. The molecule has 4 heteroatoms. The maximum Gasteiger partial charge on any atom is 0.257 e. The molecule has 2 unspecified atom stereocenters. The summed E-state index contributed by atoms with van der Waals surface area (Å²) in [6.07, 6.45) is 1.78. The van der Waals surface area contributed by atoms with E-state index in [0.717, 1.165) is 25.9 Å². The molecule has 2 nitrogen and oxygen atoms in total. The molecule has 0 radical (unpaired) electrons. The van der Waals surface area contributed by atoms with E-state index in [1.807, 2.05) is 0 Å². The molecule has 2 aliphatic rings. The van der Waals surface area contributed by atoms with Gasteiger partial charge in [-0.1, -0.05) is 0 Å². The zero-order valence-corrected chi connectivity index (χ0v) is 8.43. The predicted molar refractivity (Wildman–Crippen MR) is 49.4 cm³/mol. The van der Waals surface area contributed by atoms with Crippen molar-refractivity contribution in [2.75, 3.05) is 26.8 Å². The van der Waals surface area contributed by atoms with Crippen LogP contribution in [-0.4, -0.2) is 32.7 Å². The zero-order chi connectivity index (χ0) is 10.2. The SMILES string of the molecule is COCC1C(C2CCNCC2)C1(F)F. The van der Waals surface area contributed by atoms with Crippen LogP contribution in [0.15, 0.2) is 0 Å². The Kier molecular flexibility index (Phi) is 2.75. The van der Waals surface area contributed by atoms with Crippen molar-refractivity contribution in [1.82, 2.24) is 5.32 Å². The van der Waals surface area contributed by atoms with Gasteiger partial charge in [-0.2, -0.15) is 0 Å². The van der Waals surface area contributed by atoms with Crippen molar-refractivity contribution in [3.63, 3.8) is 0 Å². The Morgan fingerprint density at radius 2 is 2.00 bits per heavy atom. The molecule has 1 heterocycles. The Morgan fingerprint density at radius 3 is 2.57 bits per heavy atom. The lowest BCUT2D eigenvalue weighted by Crippen LogP contribution is -2.29. The molecule has 0 aromatic carbocycles. The van der Waals surface area contributed by atoms with E-state index in [0.29, 0.717) is 0 Å². The molecule has 1 N–H and O–H groups in total. The molecule has 2 fully saturated rings. The van der Waals surface area contributed by atoms with Crippen LogP contribution in [0.1, 0.15) is 12.8 Å². The standard InChI is InChI=1S/C10H17F2NO/c1-14-6-8-9(10(8,11)12)7-2-4-13-5-3-7/h7-9,13H,2-6H2,1H3. The minimum atomic E-state index is -2.46. The average Bonchev–Trinajstić information content (AvgIpc) is 2.71. The number of piperidine rings is 1. The third-order valence-corrected chi connectivity index (χ3v) is 3.50. The third-order valence-electron chi connectivity index (χ3n) is 3.50. The minimum absolute atomic E-state index is 0.200. The van der Waals surface area contributed by atoms with E-state index in [9.17, 15) is 8.78 Å². The second-order valence-electron chi connectivity index (χ2n) is 4.35. The van der Waals surface area contributed by atoms with Crippen LogP contribution in [0.2, 0.25) is 0 Å². The van der Waals surface area contributed by atoms with Crippen LogP contribution in [0.25, 0.3) is 0 Å². The van der Waals surface area contributed by atoms with Gasteiger partial charge >= 0.3 is 0 Å². The summed E-state index contributed by atoms with van der Waals surface area (Å²) in [4.78, 5) is 0. The van der Waals surface area contributed by atoms with Crippen molar-refractivity contribution in [2.45, 2.75) is 18.8 Å². The van der Waals surface area contributed by atoms with E-state index < -0.39 is 17.8 Å². The molecule has 0 aromatic rings. The lowest BCUT2D eigenvalue weighted by Gasteiger charge is -2.22. The van der Waals surface area contributed by atoms with Gasteiger partial charge in [0.25, 0.3) is 5.92 Å². The van der Waals surface area contributed by atoms with Crippen molar-refractivity contribution < 1.29 is 13.5 Å². The summed E-state index contributed by atoms with van der Waals surface area (Å²) in [5.41, 5.74) is 0. The molecule has 1 aliphatic carbocycles. The highest BCUT2D eigenvalue weighted by Crippen LogP contribution is 2.60. The Morgan fingerprint density at radius 1 is 1.36 bits per heavy atom. The number of nitrogens with one attached hydrogen (secondary N) is 1. The minimum Gasteiger partial charge on any atom is -0.384 e. The van der Waals surface area contributed by atoms with Crippen LogP contribution in [0.5, 0.6) is 0 Å². The first-order chi connectivity index (χ1) is 6.68. The van der Waals surface area contributed by atoms with Gasteiger partial charge in [0.05, 0.1) is 12.5 Å². The van der Waals surface area contributed by atoms with E-state index >= 15 is 0 Å². The lowest BCUT2D eigenvalue weighted by atomic mass is 9.92. The number of halogens is 2. The van der Waals surface area contributed by atoms with E-state index in [2.05, 4.69) is 5.32 Å². The lowest BCUT2D eigenvalue weighted by molar-refractivity contribution is 0.0561. The van der Waals surface area contributed by atoms with Gasteiger partial charge in [-0.05, 0) is 31.8 Å². The molecule has 0 bridgehead atoms. The van der Waals surface area contributed by atoms with Gasteiger partial charge in [-0.15, -0.1) is 0 Å². The van der Waals surface area contributed by atoms with Crippen LogP contribution in [0, 0.1) is 17.8 Å². The molecule has 1 saturated carbocycles. The van der Waals surface area contributed by atoms with E-state index in [1.165, 1.54) is 7.11 Å². The van der Waals surface area contributed by atoms with E-state index in [4.69, 9.17) is 4.74 Å². The highest BCUT2D eigenvalue weighted by Gasteiger charge is 2.69. The zero-order valence-electron chi connectivity index (χ0n) is 8.43. The maximum absolute atomic E-state index is 13.3. The number of hydrogen-bond acceptors (Lipinski definition) is 2. The van der Waals surface area contributed by atoms with Crippen LogP contribution in [-0.2, 0) is 4.74 Å². The van der Waals surface area contributed by atoms with Crippen molar-refractivity contribution in [3.05, 3.63) is 0 Å². The van der Waals surface area contributed by atoms with Crippen molar-refractivity contribution in [1.29, 1.82) is 0 Å². The van der Waals surface area contributed by atoms with Crippen molar-refractivity contribution in [2.24, 2.45) is 17.8 Å². The Labute approximate surface area is 83.0 Å². The van der Waals surface area contributed by atoms with Crippen LogP contribution < -0.4 is 5.32 Å². The Hall–Kier alpha value is -0.220. The molecule has 0 spiro atoms. The number of hydrogen-bond donors (Lipinski definition) is 1. The smallest absolute Gasteiger partial charge is 0.257 e. The molecule has 1 saturated heterocycles. The molecule has 1 aliphatic heterocycles. The highest BCUT2D eigenvalue weighted by molar-refractivity contribution is 5.08. The summed E-state index contributed by atoms with van der Waals surface area (Å²) in [6, 6.07) is 0. The summed E-state index contributed by atoms with van der Waals surface area (Å²) in [6.45, 7) is 1.98. The molecule has 2 rings (SSSR count). The molecule has 82 valence electrons. The average molecular weight is 205 g/mol. The van der Waals surface area contributed by atoms with E-state index in [1.54, 1.807) is 0 Å². The summed E-state index contributed by atoms with van der Waals surface area (Å²) in [5, 5.41) is 3.20. The van der Waals surface area contributed by atoms with Crippen molar-refractivity contribution in [3.8, 4) is 0 Å². The summed E-state index contributed by atoms with van der Waals surface area (Å²) >= 11 is 0. The first kappa shape index (κ1) is 10.3. The normalized spacial score (nSPS) is 37.1. The molecule has 14 heavy (non-hydrogen) atoms. The number of ether oxygens (including phenoxy) is 1.